The topological polar surface area (TPSA) is 34.9 Å². The number of Topliss-reactive ketones (excluding diaryl/α,β-unsaturated/α-hetero) is 1. The van der Waals surface area contributed by atoms with Crippen molar-refractivity contribution in [3.05, 3.63) is 16.4 Å². The van der Waals surface area contributed by atoms with Crippen LogP contribution in [-0.4, -0.2) is 15.6 Å². The molecule has 13 heavy (non-hydrogen) atoms. The summed E-state index contributed by atoms with van der Waals surface area (Å²) >= 11 is 5.99. The van der Waals surface area contributed by atoms with Crippen molar-refractivity contribution in [1.82, 2.24) is 9.78 Å². The minimum atomic E-state index is 0.115. The van der Waals surface area contributed by atoms with Crippen LogP contribution in [-0.2, 0) is 24.7 Å². The second kappa shape index (κ2) is 3.92. The van der Waals surface area contributed by atoms with Gasteiger partial charge in [-0.1, -0.05) is 18.5 Å². The maximum absolute atomic E-state index is 10.9. The summed E-state index contributed by atoms with van der Waals surface area (Å²) in [5.74, 6) is 0.115. The Morgan fingerprint density at radius 2 is 2.23 bits per heavy atom. The van der Waals surface area contributed by atoms with Crippen molar-refractivity contribution in [2.75, 3.05) is 0 Å². The summed E-state index contributed by atoms with van der Waals surface area (Å²) in [7, 11) is 1.78. The number of aromatic nitrogens is 2. The Kier molecular flexibility index (Phi) is 3.09. The van der Waals surface area contributed by atoms with E-state index in [1.54, 1.807) is 18.7 Å². The van der Waals surface area contributed by atoms with Crippen LogP contribution in [0.1, 0.15) is 25.1 Å². The molecule has 0 unspecified atom stereocenters. The predicted molar refractivity (Wildman–Crippen MR) is 52.0 cm³/mol. The number of hydrogen-bond acceptors (Lipinski definition) is 2. The Morgan fingerprint density at radius 1 is 1.62 bits per heavy atom. The fourth-order valence-corrected chi connectivity index (χ4v) is 1.52. The molecule has 1 heterocycles. The van der Waals surface area contributed by atoms with E-state index in [0.717, 1.165) is 17.7 Å². The van der Waals surface area contributed by atoms with Crippen LogP contribution in [0.2, 0.25) is 5.15 Å². The number of nitrogens with zero attached hydrogens (tertiary/aromatic N) is 2. The third-order valence-corrected chi connectivity index (χ3v) is 2.39. The summed E-state index contributed by atoms with van der Waals surface area (Å²) in [6, 6.07) is 0. The van der Waals surface area contributed by atoms with E-state index in [9.17, 15) is 4.79 Å². The number of hydrogen-bond donors (Lipinski definition) is 0. The monoisotopic (exact) mass is 200 g/mol. The highest BCUT2D eigenvalue weighted by atomic mass is 35.5. The molecule has 3 nitrogen and oxygen atoms in total. The number of rotatable bonds is 3. The van der Waals surface area contributed by atoms with Gasteiger partial charge < -0.3 is 0 Å². The molecule has 1 rings (SSSR count). The maximum Gasteiger partial charge on any atom is 0.134 e. The number of carbonyl (C=O) groups is 1. The molecule has 0 aliphatic heterocycles. The minimum Gasteiger partial charge on any atom is -0.300 e. The largest absolute Gasteiger partial charge is 0.300 e. The van der Waals surface area contributed by atoms with Crippen molar-refractivity contribution < 1.29 is 4.79 Å². The van der Waals surface area contributed by atoms with Gasteiger partial charge in [-0.3, -0.25) is 9.48 Å². The lowest BCUT2D eigenvalue weighted by Crippen LogP contribution is -1.99. The zero-order chi connectivity index (χ0) is 10.0. The Hall–Kier alpha value is -0.830. The van der Waals surface area contributed by atoms with Crippen molar-refractivity contribution in [3.8, 4) is 0 Å². The number of ketones is 1. The second-order valence-electron chi connectivity index (χ2n) is 3.07. The molecule has 0 aromatic carbocycles. The first kappa shape index (κ1) is 10.3. The van der Waals surface area contributed by atoms with Gasteiger partial charge in [0, 0.05) is 19.0 Å². The summed E-state index contributed by atoms with van der Waals surface area (Å²) in [6.45, 7) is 3.56. The van der Waals surface area contributed by atoms with E-state index >= 15 is 0 Å². The Bertz CT molecular complexity index is 331. The minimum absolute atomic E-state index is 0.115. The predicted octanol–water partition coefficient (Wildman–Crippen LogP) is 1.77. The normalized spacial score (nSPS) is 10.5. The molecule has 0 amide bonds. The zero-order valence-electron chi connectivity index (χ0n) is 8.09. The summed E-state index contributed by atoms with van der Waals surface area (Å²) in [5.41, 5.74) is 1.79. The summed E-state index contributed by atoms with van der Waals surface area (Å²) in [5, 5.41) is 4.79. The molecular formula is C9H13ClN2O. The van der Waals surface area contributed by atoms with E-state index < -0.39 is 0 Å². The average molecular weight is 201 g/mol. The Balaban J connectivity index is 3.08. The Labute approximate surface area is 82.7 Å². The molecule has 1 aromatic heterocycles. The third kappa shape index (κ3) is 2.10. The molecule has 0 aliphatic rings. The molecule has 0 bridgehead atoms. The number of aryl methyl sites for hydroxylation is 2. The molecule has 72 valence electrons. The molecule has 4 heteroatoms. The molecule has 0 fully saturated rings. The molecule has 0 radical (unpaired) electrons. The lowest BCUT2D eigenvalue weighted by atomic mass is 10.1. The summed E-state index contributed by atoms with van der Waals surface area (Å²) in [4.78, 5) is 10.9. The lowest BCUT2D eigenvalue weighted by molar-refractivity contribution is -0.116. The van der Waals surface area contributed by atoms with Crippen LogP contribution in [0.25, 0.3) is 0 Å². The molecular weight excluding hydrogens is 188 g/mol. The molecule has 0 atom stereocenters. The lowest BCUT2D eigenvalue weighted by Gasteiger charge is -1.96. The van der Waals surface area contributed by atoms with Gasteiger partial charge in [-0.2, -0.15) is 5.10 Å². The fourth-order valence-electron chi connectivity index (χ4n) is 1.31. The standard InChI is InChI=1S/C9H13ClN2O/c1-4-8-7(5-6(2)13)9(10)12(3)11-8/h4-5H2,1-3H3. The molecule has 1 aromatic rings. The molecule has 0 saturated heterocycles. The highest BCUT2D eigenvalue weighted by Crippen LogP contribution is 2.20. The van der Waals surface area contributed by atoms with E-state index in [2.05, 4.69) is 5.10 Å². The van der Waals surface area contributed by atoms with Crippen molar-refractivity contribution in [3.63, 3.8) is 0 Å². The first-order valence-electron chi connectivity index (χ1n) is 4.26. The van der Waals surface area contributed by atoms with E-state index in [-0.39, 0.29) is 5.78 Å². The summed E-state index contributed by atoms with van der Waals surface area (Å²) in [6.07, 6.45) is 1.19. The van der Waals surface area contributed by atoms with E-state index in [4.69, 9.17) is 11.6 Å². The fraction of sp³-hybridized carbons (Fsp3) is 0.556. The van der Waals surface area contributed by atoms with Gasteiger partial charge in [-0.15, -0.1) is 0 Å². The second-order valence-corrected chi connectivity index (χ2v) is 3.43. The van der Waals surface area contributed by atoms with Crippen LogP contribution >= 0.6 is 11.6 Å². The van der Waals surface area contributed by atoms with E-state index in [1.165, 1.54) is 0 Å². The van der Waals surface area contributed by atoms with Gasteiger partial charge in [0.2, 0.25) is 0 Å². The van der Waals surface area contributed by atoms with Crippen LogP contribution < -0.4 is 0 Å². The van der Waals surface area contributed by atoms with Crippen LogP contribution in [0.3, 0.4) is 0 Å². The summed E-state index contributed by atoms with van der Waals surface area (Å²) < 4.78 is 1.61. The first-order chi connectivity index (χ1) is 6.06. The number of halogens is 1. The van der Waals surface area contributed by atoms with E-state index in [1.807, 2.05) is 6.92 Å². The smallest absolute Gasteiger partial charge is 0.134 e. The van der Waals surface area contributed by atoms with Gasteiger partial charge in [0.15, 0.2) is 0 Å². The van der Waals surface area contributed by atoms with Gasteiger partial charge in [0.05, 0.1) is 5.69 Å². The van der Waals surface area contributed by atoms with Crippen molar-refractivity contribution in [2.45, 2.75) is 26.7 Å². The van der Waals surface area contributed by atoms with Crippen LogP contribution in [0.5, 0.6) is 0 Å². The molecule has 0 saturated carbocycles. The Morgan fingerprint density at radius 3 is 2.69 bits per heavy atom. The van der Waals surface area contributed by atoms with E-state index in [0.29, 0.717) is 11.6 Å². The molecule has 0 N–H and O–H groups in total. The van der Waals surface area contributed by atoms with Crippen molar-refractivity contribution in [1.29, 1.82) is 0 Å². The molecule has 0 aliphatic carbocycles. The highest BCUT2D eigenvalue weighted by Gasteiger charge is 2.14. The third-order valence-electron chi connectivity index (χ3n) is 1.91. The highest BCUT2D eigenvalue weighted by molar-refractivity contribution is 6.30. The van der Waals surface area contributed by atoms with Crippen molar-refractivity contribution in [2.24, 2.45) is 7.05 Å². The van der Waals surface area contributed by atoms with Crippen LogP contribution in [0.15, 0.2) is 0 Å². The average Bonchev–Trinajstić information content (AvgIpc) is 2.31. The van der Waals surface area contributed by atoms with Crippen LogP contribution in [0, 0.1) is 0 Å². The zero-order valence-corrected chi connectivity index (χ0v) is 8.85. The van der Waals surface area contributed by atoms with Gasteiger partial charge in [0.25, 0.3) is 0 Å². The van der Waals surface area contributed by atoms with Crippen LogP contribution in [0.4, 0.5) is 0 Å². The van der Waals surface area contributed by atoms with Gasteiger partial charge in [-0.25, -0.2) is 0 Å². The molecule has 0 spiro atoms. The van der Waals surface area contributed by atoms with Gasteiger partial charge in [-0.05, 0) is 13.3 Å². The quantitative estimate of drug-likeness (QED) is 0.746. The van der Waals surface area contributed by atoms with Gasteiger partial charge >= 0.3 is 0 Å². The van der Waals surface area contributed by atoms with Crippen molar-refractivity contribution >= 4 is 17.4 Å². The first-order valence-corrected chi connectivity index (χ1v) is 4.63. The maximum atomic E-state index is 10.9. The SMILES string of the molecule is CCc1nn(C)c(Cl)c1CC(C)=O. The number of carbonyl (C=O) groups excluding carboxylic acids is 1. The van der Waals surface area contributed by atoms with Gasteiger partial charge in [0.1, 0.15) is 10.9 Å².